The Hall–Kier alpha value is -3.35. The van der Waals surface area contributed by atoms with E-state index in [1.165, 1.54) is 13.2 Å². The molecule has 7 nitrogen and oxygen atoms in total. The summed E-state index contributed by atoms with van der Waals surface area (Å²) in [5, 5.41) is 5.10. The molecule has 0 fully saturated rings. The molecule has 0 saturated carbocycles. The molecule has 0 unspecified atom stereocenters. The number of carbonyl (C=O) groups is 3. The molecule has 1 aromatic carbocycles. The van der Waals surface area contributed by atoms with E-state index in [4.69, 9.17) is 4.42 Å². The first-order valence-corrected chi connectivity index (χ1v) is 7.48. The minimum atomic E-state index is -0.532. The molecule has 0 spiro atoms. The summed E-state index contributed by atoms with van der Waals surface area (Å²) < 4.78 is 9.77. The van der Waals surface area contributed by atoms with Gasteiger partial charge in [-0.25, -0.2) is 0 Å². The lowest BCUT2D eigenvalue weighted by atomic mass is 10.2. The first-order chi connectivity index (χ1) is 12.0. The van der Waals surface area contributed by atoms with Gasteiger partial charge in [0, 0.05) is 17.3 Å². The molecule has 2 N–H and O–H groups in total. The van der Waals surface area contributed by atoms with Gasteiger partial charge >= 0.3 is 5.97 Å². The first kappa shape index (κ1) is 18.0. The van der Waals surface area contributed by atoms with Crippen molar-refractivity contribution in [3.05, 3.63) is 59.6 Å². The van der Waals surface area contributed by atoms with E-state index in [1.54, 1.807) is 36.4 Å². The van der Waals surface area contributed by atoms with Gasteiger partial charge in [-0.3, -0.25) is 14.4 Å². The number of amides is 2. The Morgan fingerprint density at radius 1 is 1.12 bits per heavy atom. The van der Waals surface area contributed by atoms with Crippen LogP contribution in [0.1, 0.15) is 21.9 Å². The molecule has 0 bridgehead atoms. The molecular formula is C18H18N2O5. The third-order valence-corrected chi connectivity index (χ3v) is 3.20. The van der Waals surface area contributed by atoms with Gasteiger partial charge in [-0.05, 0) is 49.4 Å². The predicted octanol–water partition coefficient (Wildman–Crippen LogP) is 2.14. The molecule has 0 aliphatic rings. The van der Waals surface area contributed by atoms with Crippen molar-refractivity contribution < 1.29 is 23.5 Å². The number of hydrogen-bond acceptors (Lipinski definition) is 5. The van der Waals surface area contributed by atoms with Crippen LogP contribution in [0.15, 0.2) is 46.9 Å². The number of rotatable bonds is 6. The van der Waals surface area contributed by atoms with E-state index in [0.717, 1.165) is 5.76 Å². The largest absolute Gasteiger partial charge is 0.468 e. The highest BCUT2D eigenvalue weighted by Gasteiger charge is 2.08. The maximum Gasteiger partial charge on any atom is 0.325 e. The third-order valence-electron chi connectivity index (χ3n) is 3.20. The topological polar surface area (TPSA) is 97.6 Å². The maximum atomic E-state index is 11.9. The standard InChI is InChI=1S/C18H18N2O5/c1-12-3-8-15(25-12)9-10-16(21)20-14-6-4-13(5-7-14)18(23)19-11-17(22)24-2/h3-10H,11H2,1-2H3,(H,19,23)(H,20,21)/b10-9+. The first-order valence-electron chi connectivity index (χ1n) is 7.48. The van der Waals surface area contributed by atoms with Crippen molar-refractivity contribution in [2.24, 2.45) is 0 Å². The minimum Gasteiger partial charge on any atom is -0.468 e. The van der Waals surface area contributed by atoms with Crippen LogP contribution in [0.5, 0.6) is 0 Å². The van der Waals surface area contributed by atoms with Gasteiger partial charge in [-0.1, -0.05) is 0 Å². The molecule has 0 aliphatic carbocycles. The zero-order valence-corrected chi connectivity index (χ0v) is 13.9. The molecule has 7 heteroatoms. The number of carbonyl (C=O) groups excluding carboxylic acids is 3. The summed E-state index contributed by atoms with van der Waals surface area (Å²) in [6.07, 6.45) is 2.92. The van der Waals surface area contributed by atoms with Crippen LogP contribution in [-0.2, 0) is 14.3 Å². The van der Waals surface area contributed by atoms with Gasteiger partial charge in [-0.2, -0.15) is 0 Å². The lowest BCUT2D eigenvalue weighted by Gasteiger charge is -2.06. The summed E-state index contributed by atoms with van der Waals surface area (Å²) in [7, 11) is 1.24. The Balaban J connectivity index is 1.89. The highest BCUT2D eigenvalue weighted by atomic mass is 16.5. The number of aryl methyl sites for hydroxylation is 1. The van der Waals surface area contributed by atoms with E-state index >= 15 is 0 Å². The second-order valence-corrected chi connectivity index (χ2v) is 5.11. The summed E-state index contributed by atoms with van der Waals surface area (Å²) in [6.45, 7) is 1.62. The SMILES string of the molecule is COC(=O)CNC(=O)c1ccc(NC(=O)/C=C/c2ccc(C)o2)cc1. The van der Waals surface area contributed by atoms with Crippen molar-refractivity contribution in [2.45, 2.75) is 6.92 Å². The molecule has 2 amide bonds. The maximum absolute atomic E-state index is 11.9. The number of anilines is 1. The molecule has 1 heterocycles. The summed E-state index contributed by atoms with van der Waals surface area (Å²) in [4.78, 5) is 34.7. The fourth-order valence-corrected chi connectivity index (χ4v) is 1.92. The predicted molar refractivity (Wildman–Crippen MR) is 91.9 cm³/mol. The van der Waals surface area contributed by atoms with Gasteiger partial charge in [0.2, 0.25) is 5.91 Å². The lowest BCUT2D eigenvalue weighted by molar-refractivity contribution is -0.139. The molecule has 0 saturated heterocycles. The van der Waals surface area contributed by atoms with E-state index in [9.17, 15) is 14.4 Å². The number of hydrogen-bond donors (Lipinski definition) is 2. The number of nitrogens with one attached hydrogen (secondary N) is 2. The second kappa shape index (κ2) is 8.49. The van der Waals surface area contributed by atoms with E-state index in [2.05, 4.69) is 15.4 Å². The molecular weight excluding hydrogens is 324 g/mol. The average Bonchev–Trinajstić information content (AvgIpc) is 3.03. The lowest BCUT2D eigenvalue weighted by Crippen LogP contribution is -2.30. The van der Waals surface area contributed by atoms with Crippen molar-refractivity contribution in [1.82, 2.24) is 5.32 Å². The summed E-state index contributed by atoms with van der Waals surface area (Å²) in [5.41, 5.74) is 0.901. The van der Waals surface area contributed by atoms with Gasteiger partial charge in [0.25, 0.3) is 5.91 Å². The van der Waals surface area contributed by atoms with Crippen LogP contribution < -0.4 is 10.6 Å². The number of furan rings is 1. The Kier molecular flexibility index (Phi) is 6.11. The summed E-state index contributed by atoms with van der Waals surface area (Å²) in [6, 6.07) is 9.84. The Morgan fingerprint density at radius 2 is 1.84 bits per heavy atom. The van der Waals surface area contributed by atoms with Crippen molar-refractivity contribution in [3.63, 3.8) is 0 Å². The van der Waals surface area contributed by atoms with Crippen LogP contribution in [0.4, 0.5) is 5.69 Å². The molecule has 25 heavy (non-hydrogen) atoms. The second-order valence-electron chi connectivity index (χ2n) is 5.11. The highest BCUT2D eigenvalue weighted by molar-refractivity contribution is 6.02. The van der Waals surface area contributed by atoms with Crippen LogP contribution >= 0.6 is 0 Å². The molecule has 1 aromatic heterocycles. The molecule has 2 aromatic rings. The van der Waals surface area contributed by atoms with Crippen LogP contribution in [0, 0.1) is 6.92 Å². The monoisotopic (exact) mass is 342 g/mol. The van der Waals surface area contributed by atoms with Crippen molar-refractivity contribution in [3.8, 4) is 0 Å². The molecule has 2 rings (SSSR count). The van der Waals surface area contributed by atoms with Gasteiger partial charge in [-0.15, -0.1) is 0 Å². The number of ether oxygens (including phenoxy) is 1. The third kappa shape index (κ3) is 5.65. The number of esters is 1. The van der Waals surface area contributed by atoms with Crippen LogP contribution in [0.25, 0.3) is 6.08 Å². The minimum absolute atomic E-state index is 0.204. The van der Waals surface area contributed by atoms with Crippen LogP contribution in [-0.4, -0.2) is 31.4 Å². The zero-order valence-electron chi connectivity index (χ0n) is 13.9. The molecule has 0 atom stereocenters. The normalized spacial score (nSPS) is 10.5. The van der Waals surface area contributed by atoms with Gasteiger partial charge in [0.15, 0.2) is 0 Å². The van der Waals surface area contributed by atoms with E-state index in [0.29, 0.717) is 17.0 Å². The van der Waals surface area contributed by atoms with Crippen LogP contribution in [0.3, 0.4) is 0 Å². The number of methoxy groups -OCH3 is 1. The van der Waals surface area contributed by atoms with E-state index < -0.39 is 11.9 Å². The van der Waals surface area contributed by atoms with E-state index in [1.807, 2.05) is 13.0 Å². The van der Waals surface area contributed by atoms with Crippen molar-refractivity contribution in [1.29, 1.82) is 0 Å². The fourth-order valence-electron chi connectivity index (χ4n) is 1.92. The molecule has 0 radical (unpaired) electrons. The average molecular weight is 342 g/mol. The quantitative estimate of drug-likeness (QED) is 0.619. The van der Waals surface area contributed by atoms with E-state index in [-0.39, 0.29) is 12.5 Å². The van der Waals surface area contributed by atoms with Gasteiger partial charge in [0.1, 0.15) is 18.1 Å². The molecule has 130 valence electrons. The number of benzene rings is 1. The molecule has 0 aliphatic heterocycles. The Bertz CT molecular complexity index is 790. The smallest absolute Gasteiger partial charge is 0.325 e. The van der Waals surface area contributed by atoms with Gasteiger partial charge < -0.3 is 19.8 Å². The van der Waals surface area contributed by atoms with Crippen molar-refractivity contribution in [2.75, 3.05) is 19.0 Å². The fraction of sp³-hybridized carbons (Fsp3) is 0.167. The Labute approximate surface area is 144 Å². The summed E-state index contributed by atoms with van der Waals surface area (Å²) in [5.74, 6) is 0.0930. The highest BCUT2D eigenvalue weighted by Crippen LogP contribution is 2.11. The van der Waals surface area contributed by atoms with Crippen molar-refractivity contribution >= 4 is 29.5 Å². The summed E-state index contributed by atoms with van der Waals surface area (Å²) >= 11 is 0. The Morgan fingerprint density at radius 3 is 2.44 bits per heavy atom. The van der Waals surface area contributed by atoms with Crippen LogP contribution in [0.2, 0.25) is 0 Å². The zero-order chi connectivity index (χ0) is 18.2. The van der Waals surface area contributed by atoms with Gasteiger partial charge in [0.05, 0.1) is 7.11 Å².